The molecule has 5 heteroatoms. The van der Waals surface area contributed by atoms with E-state index in [1.54, 1.807) is 12.1 Å². The number of hydrogen-bond acceptors (Lipinski definition) is 4. The molecule has 4 nitrogen and oxygen atoms in total. The first-order chi connectivity index (χ1) is 23.4. The predicted octanol–water partition coefficient (Wildman–Crippen LogP) is 11.3. The number of rotatable bonds is 2. The lowest BCUT2D eigenvalue weighted by Crippen LogP contribution is -2.30. The average molecular weight is 659 g/mol. The van der Waals surface area contributed by atoms with E-state index in [1.165, 1.54) is 33.4 Å². The van der Waals surface area contributed by atoms with Crippen molar-refractivity contribution in [3.8, 4) is 11.1 Å². The molecule has 49 heavy (non-hydrogen) atoms. The Balaban J connectivity index is 1.25. The monoisotopic (exact) mass is 658 g/mol. The first kappa shape index (κ1) is 30.0. The van der Waals surface area contributed by atoms with Gasteiger partial charge in [0, 0.05) is 33.3 Å². The first-order valence-corrected chi connectivity index (χ1v) is 18.4. The predicted molar refractivity (Wildman–Crippen MR) is 200 cm³/mol. The highest BCUT2D eigenvalue weighted by Gasteiger charge is 2.40. The van der Waals surface area contributed by atoms with Crippen LogP contribution < -0.4 is 9.80 Å². The van der Waals surface area contributed by atoms with E-state index < -0.39 is 9.84 Å². The van der Waals surface area contributed by atoms with Crippen molar-refractivity contribution in [1.82, 2.24) is 0 Å². The Morgan fingerprint density at radius 3 is 1.27 bits per heavy atom. The smallest absolute Gasteiger partial charge is 0.207 e. The van der Waals surface area contributed by atoms with Gasteiger partial charge in [-0.1, -0.05) is 99.5 Å². The van der Waals surface area contributed by atoms with Gasteiger partial charge in [-0.05, 0) is 96.8 Å². The molecule has 0 spiro atoms. The summed E-state index contributed by atoms with van der Waals surface area (Å²) in [4.78, 5) is 5.31. The van der Waals surface area contributed by atoms with Crippen LogP contribution in [0.2, 0.25) is 0 Å². The summed E-state index contributed by atoms with van der Waals surface area (Å²) in [6.45, 7) is 13.4. The Bertz CT molecular complexity index is 2340. The normalized spacial score (nSPS) is 16.9. The second kappa shape index (κ2) is 9.96. The Kier molecular flexibility index (Phi) is 6.09. The quantitative estimate of drug-likeness (QED) is 0.185. The zero-order chi connectivity index (χ0) is 34.0. The largest absolute Gasteiger partial charge is 0.310 e. The summed E-state index contributed by atoms with van der Waals surface area (Å²) < 4.78 is 28.1. The lowest BCUT2D eigenvalue weighted by atomic mass is 9.73. The molecule has 0 atom stereocenters. The molecule has 6 aromatic carbocycles. The minimum Gasteiger partial charge on any atom is -0.310 e. The molecule has 0 fully saturated rings. The highest BCUT2D eigenvalue weighted by atomic mass is 32.2. The molecular weight excluding hydrogens is 621 g/mol. The van der Waals surface area contributed by atoms with Gasteiger partial charge >= 0.3 is 0 Å². The van der Waals surface area contributed by atoms with E-state index in [1.807, 2.05) is 12.1 Å². The number of benzene rings is 6. The third kappa shape index (κ3) is 4.06. The molecule has 0 N–H and O–H groups in total. The van der Waals surface area contributed by atoms with Crippen LogP contribution in [0.4, 0.5) is 34.1 Å². The summed E-state index contributed by atoms with van der Waals surface area (Å²) in [5.74, 6) is 0. The SMILES string of the molecule is Cc1ccc2c(c1)C(C)(C)c1ccccc1N2c1ccc2c(c1)-c1cc(N3c4ccccc4C(C)(C)c4cc(C)ccc43)ccc1S2(=O)=O. The summed E-state index contributed by atoms with van der Waals surface area (Å²) in [5, 5.41) is 0. The minimum absolute atomic E-state index is 0.190. The van der Waals surface area contributed by atoms with Crippen LogP contribution in [0.1, 0.15) is 61.1 Å². The van der Waals surface area contributed by atoms with Gasteiger partial charge in [0.25, 0.3) is 0 Å². The van der Waals surface area contributed by atoms with Crippen LogP contribution in [-0.4, -0.2) is 8.42 Å². The van der Waals surface area contributed by atoms with Crippen molar-refractivity contribution in [2.75, 3.05) is 9.80 Å². The van der Waals surface area contributed by atoms with Crippen molar-refractivity contribution in [1.29, 1.82) is 0 Å². The Hall–Kier alpha value is -5.13. The molecule has 0 radical (unpaired) electrons. The lowest BCUT2D eigenvalue weighted by molar-refractivity contribution is 0.598. The van der Waals surface area contributed by atoms with E-state index in [-0.39, 0.29) is 10.8 Å². The topological polar surface area (TPSA) is 40.6 Å². The van der Waals surface area contributed by atoms with Crippen molar-refractivity contribution in [2.45, 2.75) is 62.2 Å². The number of hydrogen-bond donors (Lipinski definition) is 0. The molecule has 242 valence electrons. The number of fused-ring (bicyclic) bond motifs is 7. The molecule has 0 unspecified atom stereocenters. The molecule has 0 saturated heterocycles. The summed E-state index contributed by atoms with van der Waals surface area (Å²) >= 11 is 0. The highest BCUT2D eigenvalue weighted by molar-refractivity contribution is 7.92. The van der Waals surface area contributed by atoms with Crippen molar-refractivity contribution < 1.29 is 8.42 Å². The third-order valence-corrected chi connectivity index (χ3v) is 13.0. The number of aryl methyl sites for hydroxylation is 2. The molecule has 9 rings (SSSR count). The molecule has 3 aliphatic rings. The lowest BCUT2D eigenvalue weighted by Gasteiger charge is -2.42. The summed E-state index contributed by atoms with van der Waals surface area (Å²) in [6.07, 6.45) is 0. The van der Waals surface area contributed by atoms with E-state index in [0.29, 0.717) is 9.79 Å². The maximum Gasteiger partial charge on any atom is 0.207 e. The van der Waals surface area contributed by atoms with Gasteiger partial charge in [0.15, 0.2) is 0 Å². The van der Waals surface area contributed by atoms with Gasteiger partial charge in [-0.2, -0.15) is 0 Å². The van der Waals surface area contributed by atoms with Gasteiger partial charge in [0.05, 0.1) is 32.5 Å². The number of nitrogens with zero attached hydrogens (tertiary/aromatic N) is 2. The fourth-order valence-electron chi connectivity index (χ4n) is 8.51. The summed E-state index contributed by atoms with van der Waals surface area (Å²) in [5.41, 5.74) is 14.8. The molecular formula is C44H38N2O2S. The van der Waals surface area contributed by atoms with Crippen LogP contribution >= 0.6 is 0 Å². The molecule has 3 aliphatic heterocycles. The van der Waals surface area contributed by atoms with E-state index in [4.69, 9.17) is 0 Å². The molecule has 3 heterocycles. The van der Waals surface area contributed by atoms with Crippen LogP contribution in [0.3, 0.4) is 0 Å². The number of anilines is 6. The first-order valence-electron chi connectivity index (χ1n) is 16.9. The zero-order valence-electron chi connectivity index (χ0n) is 28.7. The maximum atomic E-state index is 14.1. The van der Waals surface area contributed by atoms with E-state index in [9.17, 15) is 8.42 Å². The van der Waals surface area contributed by atoms with Crippen molar-refractivity contribution in [3.63, 3.8) is 0 Å². The molecule has 0 bridgehead atoms. The Morgan fingerprint density at radius 1 is 0.449 bits per heavy atom. The van der Waals surface area contributed by atoms with Crippen LogP contribution in [0.25, 0.3) is 11.1 Å². The van der Waals surface area contributed by atoms with Crippen molar-refractivity contribution >= 4 is 44.0 Å². The van der Waals surface area contributed by atoms with Crippen LogP contribution in [0, 0.1) is 13.8 Å². The third-order valence-electron chi connectivity index (χ3n) is 11.1. The van der Waals surface area contributed by atoms with Crippen molar-refractivity contribution in [3.05, 3.63) is 155 Å². The molecule has 6 aromatic rings. The molecule has 0 aliphatic carbocycles. The van der Waals surface area contributed by atoms with Crippen LogP contribution in [0.5, 0.6) is 0 Å². The van der Waals surface area contributed by atoms with Gasteiger partial charge in [-0.3, -0.25) is 0 Å². The zero-order valence-corrected chi connectivity index (χ0v) is 29.5. The molecule has 0 amide bonds. The van der Waals surface area contributed by atoms with E-state index in [0.717, 1.165) is 45.3 Å². The van der Waals surface area contributed by atoms with Gasteiger partial charge in [0.1, 0.15) is 0 Å². The minimum atomic E-state index is -3.69. The number of para-hydroxylation sites is 2. The Morgan fingerprint density at radius 2 is 0.837 bits per heavy atom. The van der Waals surface area contributed by atoms with Crippen molar-refractivity contribution in [2.24, 2.45) is 0 Å². The number of sulfone groups is 1. The fraction of sp³-hybridized carbons (Fsp3) is 0.182. The summed E-state index contributed by atoms with van der Waals surface area (Å²) in [6, 6.07) is 42.1. The second-order valence-electron chi connectivity index (χ2n) is 14.9. The van der Waals surface area contributed by atoms with E-state index >= 15 is 0 Å². The second-order valence-corrected chi connectivity index (χ2v) is 16.7. The average Bonchev–Trinajstić information content (AvgIpc) is 3.31. The van der Waals surface area contributed by atoms with Gasteiger partial charge in [-0.25, -0.2) is 8.42 Å². The highest BCUT2D eigenvalue weighted by Crippen LogP contribution is 2.56. The summed E-state index contributed by atoms with van der Waals surface area (Å²) in [7, 11) is -3.69. The fourth-order valence-corrected chi connectivity index (χ4v) is 10.2. The van der Waals surface area contributed by atoms with Gasteiger partial charge < -0.3 is 9.80 Å². The van der Waals surface area contributed by atoms with Gasteiger partial charge in [0.2, 0.25) is 9.84 Å². The maximum absolute atomic E-state index is 14.1. The molecule has 0 aromatic heterocycles. The van der Waals surface area contributed by atoms with Crippen LogP contribution in [0.15, 0.2) is 131 Å². The van der Waals surface area contributed by atoms with Crippen LogP contribution in [-0.2, 0) is 20.7 Å². The van der Waals surface area contributed by atoms with E-state index in [2.05, 4.69) is 148 Å². The van der Waals surface area contributed by atoms with Gasteiger partial charge in [-0.15, -0.1) is 0 Å². The standard InChI is InChI=1S/C44H38N2O2S/c1-27-15-19-39-35(23-27)43(3,4)33-11-7-9-13-37(33)45(39)29-17-21-41-31(25-29)32-26-30(18-22-42(32)49(41,47)48)46-38-14-10-8-12-34(38)44(5,6)36-24-28(2)16-20-40(36)46/h7-26H,1-6H3. The Labute approximate surface area is 289 Å². The molecule has 0 saturated carbocycles.